The standard InChI is InChI=1S/C13H5F17N.C2F6NO4S2/c14-6(15,8(18,19)10(22,23)12(26,27)28)7(16,17)9(20,21)11(24,25)13(29,30)31-4-2-1-3-5-31;3-1(4,5)14(10,11)9-15(12,13)2(6,7)8/h1-5H;/q+1;-1. The molecule has 46 heavy (non-hydrogen) atoms. The molecule has 31 heteroatoms. The van der Waals surface area contributed by atoms with Gasteiger partial charge in [0.25, 0.3) is 0 Å². The van der Waals surface area contributed by atoms with E-state index in [4.69, 9.17) is 0 Å². The van der Waals surface area contributed by atoms with Crippen LogP contribution in [0, 0.1) is 0 Å². The number of nitrogens with zero attached hydrogens (tertiary/aromatic N) is 2. The van der Waals surface area contributed by atoms with Gasteiger partial charge in [0.05, 0.1) is 0 Å². The second kappa shape index (κ2) is 11.8. The molecule has 0 amide bonds. The van der Waals surface area contributed by atoms with Crippen LogP contribution in [0.25, 0.3) is 4.13 Å². The van der Waals surface area contributed by atoms with E-state index in [0.717, 1.165) is 10.2 Å². The summed E-state index contributed by atoms with van der Waals surface area (Å²) in [6.45, 7) is 0. The molecule has 1 heterocycles. The van der Waals surface area contributed by atoms with Crippen LogP contribution in [0.15, 0.2) is 30.6 Å². The number of hydrogen-bond acceptors (Lipinski definition) is 4. The molecule has 0 fully saturated rings. The fourth-order valence-electron chi connectivity index (χ4n) is 2.12. The van der Waals surface area contributed by atoms with Crippen molar-refractivity contribution in [3.63, 3.8) is 0 Å². The molecule has 0 saturated heterocycles. The Morgan fingerprint density at radius 3 is 0.913 bits per heavy atom. The average molecular weight is 778 g/mol. The smallest absolute Gasteiger partial charge is 0.421 e. The summed E-state index contributed by atoms with van der Waals surface area (Å²) in [5.74, 6) is -49.9. The first-order chi connectivity index (χ1) is 19.6. The van der Waals surface area contributed by atoms with Crippen molar-refractivity contribution in [1.82, 2.24) is 0 Å². The first-order valence-electron chi connectivity index (χ1n) is 9.61. The van der Waals surface area contributed by atoms with Gasteiger partial charge in [-0.3, -0.25) is 0 Å². The maximum atomic E-state index is 13.7. The Bertz CT molecular complexity index is 1390. The number of aromatic nitrogens is 1. The van der Waals surface area contributed by atoms with E-state index in [9.17, 15) is 118 Å². The zero-order valence-corrected chi connectivity index (χ0v) is 21.6. The summed E-state index contributed by atoms with van der Waals surface area (Å²) >= 11 is 0. The van der Waals surface area contributed by atoms with Crippen LogP contribution in [-0.2, 0) is 26.1 Å². The molecule has 0 spiro atoms. The predicted octanol–water partition coefficient (Wildman–Crippen LogP) is 6.96. The molecule has 6 nitrogen and oxygen atoms in total. The zero-order valence-electron chi connectivity index (χ0n) is 19.9. The van der Waals surface area contributed by atoms with Crippen LogP contribution in [0.3, 0.4) is 0 Å². The molecule has 0 saturated carbocycles. The highest BCUT2D eigenvalue weighted by Crippen LogP contribution is 2.64. The predicted molar refractivity (Wildman–Crippen MR) is 95.9 cm³/mol. The molecule has 0 unspecified atom stereocenters. The van der Waals surface area contributed by atoms with E-state index < -0.39 is 83.4 Å². The van der Waals surface area contributed by atoms with Crippen LogP contribution in [-0.4, -0.2) is 69.6 Å². The second-order valence-electron chi connectivity index (χ2n) is 7.68. The highest BCUT2D eigenvalue weighted by molar-refractivity contribution is 8.13. The topological polar surface area (TPSA) is 86.3 Å². The van der Waals surface area contributed by atoms with E-state index in [2.05, 4.69) is 0 Å². The quantitative estimate of drug-likeness (QED) is 0.201. The van der Waals surface area contributed by atoms with Crippen molar-refractivity contribution in [2.75, 3.05) is 0 Å². The van der Waals surface area contributed by atoms with Gasteiger partial charge in [-0.1, -0.05) is 6.07 Å². The Kier molecular flexibility index (Phi) is 11.2. The molecular formula is C15H5F23N2O4S2. The Labute approximate surface area is 236 Å². The summed E-state index contributed by atoms with van der Waals surface area (Å²) in [4.78, 5) is 0. The first kappa shape index (κ1) is 43.4. The normalized spacial score (nSPS) is 15.7. The Morgan fingerprint density at radius 2 is 0.652 bits per heavy atom. The minimum atomic E-state index is -8.62. The molecule has 1 aromatic heterocycles. The third-order valence-corrected chi connectivity index (χ3v) is 7.27. The average Bonchev–Trinajstić information content (AvgIpc) is 2.81. The van der Waals surface area contributed by atoms with Gasteiger partial charge in [0.1, 0.15) is 0 Å². The summed E-state index contributed by atoms with van der Waals surface area (Å²) in [6.07, 6.45) is -8.14. The van der Waals surface area contributed by atoms with E-state index >= 15 is 0 Å². The third-order valence-electron chi connectivity index (χ3n) is 4.53. The Morgan fingerprint density at radius 1 is 0.391 bits per heavy atom. The van der Waals surface area contributed by atoms with Crippen LogP contribution in [0.4, 0.5) is 101 Å². The molecule has 0 aromatic carbocycles. The van der Waals surface area contributed by atoms with Crippen molar-refractivity contribution in [3.8, 4) is 0 Å². The van der Waals surface area contributed by atoms with Crippen LogP contribution in [0.1, 0.15) is 0 Å². The number of rotatable bonds is 9. The third kappa shape index (κ3) is 6.98. The summed E-state index contributed by atoms with van der Waals surface area (Å²) in [5.41, 5.74) is -12.4. The van der Waals surface area contributed by atoms with Gasteiger partial charge in [0.2, 0.25) is 0 Å². The largest absolute Gasteiger partial charge is 0.534 e. The molecule has 1 rings (SSSR count). The number of halogens is 23. The SMILES string of the molecule is FC(F)(F)C(F)(F)C(F)(F)C(F)(F)C(F)(F)C(F)(F)C(F)(F)C(F)(F)[n+]1ccccc1.O=S(=O)([N-]S(=O)(=O)C(F)(F)F)C(F)(F)F. The summed E-state index contributed by atoms with van der Waals surface area (Å²) in [6, 6.07) is -5.00. The molecule has 272 valence electrons. The molecule has 0 atom stereocenters. The molecule has 1 aromatic rings. The van der Waals surface area contributed by atoms with E-state index in [0.29, 0.717) is 12.1 Å². The molecule has 0 radical (unpaired) electrons. The molecule has 0 N–H and O–H groups in total. The number of alkyl halides is 23. The monoisotopic (exact) mass is 778 g/mol. The molecule has 0 aliphatic rings. The number of hydrogen-bond donors (Lipinski definition) is 0. The van der Waals surface area contributed by atoms with Gasteiger partial charge in [0, 0.05) is 12.1 Å². The maximum Gasteiger partial charge on any atom is 0.534 e. The van der Waals surface area contributed by atoms with Crippen molar-refractivity contribution in [3.05, 3.63) is 34.7 Å². The second-order valence-corrected chi connectivity index (χ2v) is 11.1. The van der Waals surface area contributed by atoms with Gasteiger partial charge in [0.15, 0.2) is 32.4 Å². The highest BCUT2D eigenvalue weighted by Gasteiger charge is 2.96. The van der Waals surface area contributed by atoms with Gasteiger partial charge >= 0.3 is 58.8 Å². The lowest BCUT2D eigenvalue weighted by Crippen LogP contribution is -2.76. The molecule has 0 aliphatic carbocycles. The van der Waals surface area contributed by atoms with E-state index in [1.165, 1.54) is 0 Å². The van der Waals surface area contributed by atoms with Crippen LogP contribution in [0.5, 0.6) is 0 Å². The Balaban J connectivity index is 0.00000113. The Hall–Kier alpha value is -2.60. The number of sulfonamides is 2. The van der Waals surface area contributed by atoms with Crippen molar-refractivity contribution in [1.29, 1.82) is 0 Å². The maximum absolute atomic E-state index is 13.7. The van der Waals surface area contributed by atoms with Crippen molar-refractivity contribution < 1.29 is 122 Å². The van der Waals surface area contributed by atoms with Gasteiger partial charge in [-0.2, -0.15) is 92.2 Å². The van der Waals surface area contributed by atoms with Gasteiger partial charge < -0.3 is 4.13 Å². The van der Waals surface area contributed by atoms with Gasteiger partial charge in [-0.05, 0) is 0 Å². The fourth-order valence-corrected chi connectivity index (χ4v) is 3.83. The number of pyridine rings is 1. The lowest BCUT2D eigenvalue weighted by Gasteiger charge is -2.41. The van der Waals surface area contributed by atoms with E-state index in [1.54, 1.807) is 0 Å². The van der Waals surface area contributed by atoms with Gasteiger partial charge in [-0.15, -0.1) is 13.3 Å². The van der Waals surface area contributed by atoms with Gasteiger partial charge in [-0.25, -0.2) is 16.8 Å². The molecule has 0 aliphatic heterocycles. The minimum absolute atomic E-state index is 0.188. The van der Waals surface area contributed by atoms with Crippen LogP contribution >= 0.6 is 0 Å². The molecule has 0 bridgehead atoms. The summed E-state index contributed by atoms with van der Waals surface area (Å²) in [7, 11) is -13.4. The summed E-state index contributed by atoms with van der Waals surface area (Å²) in [5, 5.41) is 0. The summed E-state index contributed by atoms with van der Waals surface area (Å²) < 4.78 is 330. The van der Waals surface area contributed by atoms with Crippen LogP contribution < -0.4 is 4.57 Å². The van der Waals surface area contributed by atoms with E-state index in [-0.39, 0.29) is 12.4 Å². The highest BCUT2D eigenvalue weighted by atomic mass is 32.3. The van der Waals surface area contributed by atoms with E-state index in [1.807, 2.05) is 0 Å². The lowest BCUT2D eigenvalue weighted by atomic mass is 9.90. The first-order valence-corrected chi connectivity index (χ1v) is 12.5. The van der Waals surface area contributed by atoms with Crippen LogP contribution in [0.2, 0.25) is 0 Å². The van der Waals surface area contributed by atoms with Crippen molar-refractivity contribution in [2.24, 2.45) is 0 Å². The van der Waals surface area contributed by atoms with Crippen molar-refractivity contribution >= 4 is 20.0 Å². The van der Waals surface area contributed by atoms with Crippen molar-refractivity contribution in [2.45, 2.75) is 58.8 Å². The fraction of sp³-hybridized carbons (Fsp3) is 0.667. The minimum Gasteiger partial charge on any atom is -0.421 e. The lowest BCUT2D eigenvalue weighted by molar-refractivity contribution is -0.849. The molecular weight excluding hydrogens is 773 g/mol. The zero-order chi connectivity index (χ0) is 37.8.